The summed E-state index contributed by atoms with van der Waals surface area (Å²) in [5.41, 5.74) is 2.37. The SMILES string of the molecule is Cc1ccc(N(C)c2ccc(F)cc2C(=O)O)cc1. The second-order valence-corrected chi connectivity index (χ2v) is 4.36. The van der Waals surface area contributed by atoms with Gasteiger partial charge in [-0.15, -0.1) is 0 Å². The summed E-state index contributed by atoms with van der Waals surface area (Å²) in [5, 5.41) is 9.14. The van der Waals surface area contributed by atoms with Gasteiger partial charge in [-0.3, -0.25) is 0 Å². The van der Waals surface area contributed by atoms with Crippen molar-refractivity contribution in [2.24, 2.45) is 0 Å². The zero-order valence-corrected chi connectivity index (χ0v) is 10.7. The Hall–Kier alpha value is -2.36. The van der Waals surface area contributed by atoms with Crippen LogP contribution in [0.3, 0.4) is 0 Å². The number of benzene rings is 2. The molecule has 0 aliphatic rings. The fraction of sp³-hybridized carbons (Fsp3) is 0.133. The Balaban J connectivity index is 2.46. The van der Waals surface area contributed by atoms with Crippen molar-refractivity contribution in [2.45, 2.75) is 6.92 Å². The van der Waals surface area contributed by atoms with E-state index in [2.05, 4.69) is 0 Å². The summed E-state index contributed by atoms with van der Waals surface area (Å²) < 4.78 is 13.1. The van der Waals surface area contributed by atoms with Gasteiger partial charge >= 0.3 is 5.97 Å². The van der Waals surface area contributed by atoms with Crippen molar-refractivity contribution in [3.05, 3.63) is 59.4 Å². The minimum absolute atomic E-state index is 0.0527. The first-order valence-electron chi connectivity index (χ1n) is 5.82. The molecular weight excluding hydrogens is 245 g/mol. The number of halogens is 1. The normalized spacial score (nSPS) is 10.3. The van der Waals surface area contributed by atoms with Gasteiger partial charge in [0.25, 0.3) is 0 Å². The van der Waals surface area contributed by atoms with E-state index in [1.165, 1.54) is 12.1 Å². The fourth-order valence-corrected chi connectivity index (χ4v) is 1.88. The Labute approximate surface area is 110 Å². The van der Waals surface area contributed by atoms with Crippen LogP contribution in [0.2, 0.25) is 0 Å². The molecule has 2 aromatic rings. The summed E-state index contributed by atoms with van der Waals surface area (Å²) in [6.45, 7) is 1.98. The lowest BCUT2D eigenvalue weighted by molar-refractivity contribution is 0.0697. The number of aromatic carboxylic acids is 1. The third kappa shape index (κ3) is 2.73. The number of anilines is 2. The van der Waals surface area contributed by atoms with Gasteiger partial charge in [0, 0.05) is 12.7 Å². The third-order valence-electron chi connectivity index (χ3n) is 2.97. The van der Waals surface area contributed by atoms with E-state index in [1.807, 2.05) is 31.2 Å². The van der Waals surface area contributed by atoms with Gasteiger partial charge in [-0.1, -0.05) is 17.7 Å². The zero-order chi connectivity index (χ0) is 14.0. The highest BCUT2D eigenvalue weighted by molar-refractivity contribution is 5.95. The maximum Gasteiger partial charge on any atom is 0.337 e. The number of hydrogen-bond acceptors (Lipinski definition) is 2. The van der Waals surface area contributed by atoms with Crippen LogP contribution >= 0.6 is 0 Å². The van der Waals surface area contributed by atoms with Crippen LogP contribution in [0.4, 0.5) is 15.8 Å². The Kier molecular flexibility index (Phi) is 3.51. The van der Waals surface area contributed by atoms with Gasteiger partial charge in [0.1, 0.15) is 5.82 Å². The van der Waals surface area contributed by atoms with E-state index in [1.54, 1.807) is 11.9 Å². The molecule has 0 amide bonds. The lowest BCUT2D eigenvalue weighted by Crippen LogP contribution is -2.14. The molecule has 0 bridgehead atoms. The fourth-order valence-electron chi connectivity index (χ4n) is 1.88. The van der Waals surface area contributed by atoms with Crippen molar-refractivity contribution < 1.29 is 14.3 Å². The molecule has 0 unspecified atom stereocenters. The van der Waals surface area contributed by atoms with Gasteiger partial charge in [-0.2, -0.15) is 0 Å². The largest absolute Gasteiger partial charge is 0.478 e. The van der Waals surface area contributed by atoms with Crippen molar-refractivity contribution in [2.75, 3.05) is 11.9 Å². The second kappa shape index (κ2) is 5.10. The number of carbonyl (C=O) groups is 1. The first-order valence-corrected chi connectivity index (χ1v) is 5.82. The minimum atomic E-state index is -1.14. The molecule has 0 spiro atoms. The van der Waals surface area contributed by atoms with E-state index >= 15 is 0 Å². The summed E-state index contributed by atoms with van der Waals surface area (Å²) in [7, 11) is 1.75. The molecule has 0 saturated carbocycles. The smallest absolute Gasteiger partial charge is 0.337 e. The first-order chi connectivity index (χ1) is 8.99. The molecule has 0 saturated heterocycles. The Bertz CT molecular complexity index is 608. The molecule has 4 heteroatoms. The zero-order valence-electron chi connectivity index (χ0n) is 10.7. The molecule has 0 aromatic heterocycles. The minimum Gasteiger partial charge on any atom is -0.478 e. The number of carboxylic acids is 1. The van der Waals surface area contributed by atoms with E-state index in [0.29, 0.717) is 5.69 Å². The van der Waals surface area contributed by atoms with Crippen molar-refractivity contribution >= 4 is 17.3 Å². The molecule has 19 heavy (non-hydrogen) atoms. The number of carboxylic acid groups (broad SMARTS) is 1. The second-order valence-electron chi connectivity index (χ2n) is 4.36. The standard InChI is InChI=1S/C15H14FNO2/c1-10-3-6-12(7-4-10)17(2)14-8-5-11(16)9-13(14)15(18)19/h3-9H,1-2H3,(H,18,19). The van der Waals surface area contributed by atoms with Gasteiger partial charge in [-0.25, -0.2) is 9.18 Å². The van der Waals surface area contributed by atoms with Crippen LogP contribution in [0, 0.1) is 12.7 Å². The summed E-state index contributed by atoms with van der Waals surface area (Å²) in [4.78, 5) is 12.9. The maximum absolute atomic E-state index is 13.1. The van der Waals surface area contributed by atoms with Crippen LogP contribution in [0.5, 0.6) is 0 Å². The first kappa shape index (κ1) is 13.1. The summed E-state index contributed by atoms with van der Waals surface area (Å²) in [6.07, 6.45) is 0. The number of rotatable bonds is 3. The third-order valence-corrected chi connectivity index (χ3v) is 2.97. The Morgan fingerprint density at radius 2 is 1.79 bits per heavy atom. The van der Waals surface area contributed by atoms with Crippen molar-refractivity contribution in [1.82, 2.24) is 0 Å². The molecule has 3 nitrogen and oxygen atoms in total. The van der Waals surface area contributed by atoms with Gasteiger partial charge in [0.05, 0.1) is 11.3 Å². The predicted molar refractivity (Wildman–Crippen MR) is 72.6 cm³/mol. The highest BCUT2D eigenvalue weighted by Crippen LogP contribution is 2.27. The molecule has 0 fully saturated rings. The number of aryl methyl sites for hydroxylation is 1. The summed E-state index contributed by atoms with van der Waals surface area (Å²) in [6, 6.07) is 11.4. The molecule has 0 aliphatic heterocycles. The van der Waals surface area contributed by atoms with E-state index in [4.69, 9.17) is 5.11 Å². The maximum atomic E-state index is 13.1. The average Bonchev–Trinajstić information content (AvgIpc) is 2.38. The monoisotopic (exact) mass is 259 g/mol. The van der Waals surface area contributed by atoms with Crippen LogP contribution in [-0.2, 0) is 0 Å². The van der Waals surface area contributed by atoms with Gasteiger partial charge in [0.15, 0.2) is 0 Å². The Morgan fingerprint density at radius 1 is 1.16 bits per heavy atom. The number of hydrogen-bond donors (Lipinski definition) is 1. The highest BCUT2D eigenvalue weighted by atomic mass is 19.1. The van der Waals surface area contributed by atoms with Crippen LogP contribution < -0.4 is 4.90 Å². The summed E-state index contributed by atoms with van der Waals surface area (Å²) >= 11 is 0. The molecule has 0 radical (unpaired) electrons. The lowest BCUT2D eigenvalue weighted by atomic mass is 10.1. The number of nitrogens with zero attached hydrogens (tertiary/aromatic N) is 1. The molecule has 2 rings (SSSR count). The molecule has 0 aliphatic carbocycles. The quantitative estimate of drug-likeness (QED) is 0.915. The average molecular weight is 259 g/mol. The van der Waals surface area contributed by atoms with Crippen LogP contribution in [0.25, 0.3) is 0 Å². The molecule has 1 N–H and O–H groups in total. The van der Waals surface area contributed by atoms with Gasteiger partial charge in [0.2, 0.25) is 0 Å². The predicted octanol–water partition coefficient (Wildman–Crippen LogP) is 3.60. The van der Waals surface area contributed by atoms with Gasteiger partial charge < -0.3 is 10.0 Å². The topological polar surface area (TPSA) is 40.5 Å². The van der Waals surface area contributed by atoms with Gasteiger partial charge in [-0.05, 0) is 37.3 Å². The lowest BCUT2D eigenvalue weighted by Gasteiger charge is -2.21. The Morgan fingerprint density at radius 3 is 2.37 bits per heavy atom. The van der Waals surface area contributed by atoms with E-state index in [0.717, 1.165) is 17.3 Å². The van der Waals surface area contributed by atoms with Crippen LogP contribution in [0.1, 0.15) is 15.9 Å². The van der Waals surface area contributed by atoms with E-state index in [9.17, 15) is 9.18 Å². The molecular formula is C15H14FNO2. The van der Waals surface area contributed by atoms with E-state index < -0.39 is 11.8 Å². The van der Waals surface area contributed by atoms with Crippen molar-refractivity contribution in [3.8, 4) is 0 Å². The van der Waals surface area contributed by atoms with E-state index in [-0.39, 0.29) is 5.56 Å². The molecule has 2 aromatic carbocycles. The van der Waals surface area contributed by atoms with Crippen LogP contribution in [0.15, 0.2) is 42.5 Å². The molecule has 98 valence electrons. The molecule has 0 atom stereocenters. The van der Waals surface area contributed by atoms with Crippen LogP contribution in [-0.4, -0.2) is 18.1 Å². The summed E-state index contributed by atoms with van der Waals surface area (Å²) in [5.74, 6) is -1.70. The highest BCUT2D eigenvalue weighted by Gasteiger charge is 2.15. The molecule has 0 heterocycles. The van der Waals surface area contributed by atoms with Crippen molar-refractivity contribution in [1.29, 1.82) is 0 Å². The van der Waals surface area contributed by atoms with Crippen molar-refractivity contribution in [3.63, 3.8) is 0 Å².